The first-order valence-corrected chi connectivity index (χ1v) is 7.67. The van der Waals surface area contributed by atoms with Gasteiger partial charge in [-0.1, -0.05) is 5.16 Å². The Balaban J connectivity index is 1.63. The third kappa shape index (κ3) is 4.19. The van der Waals surface area contributed by atoms with Gasteiger partial charge in [0.15, 0.2) is 5.82 Å². The zero-order valence-electron chi connectivity index (χ0n) is 13.2. The van der Waals surface area contributed by atoms with Crippen LogP contribution in [0.15, 0.2) is 22.7 Å². The number of rotatable bonds is 8. The summed E-state index contributed by atoms with van der Waals surface area (Å²) >= 11 is 0. The number of benzene rings is 1. The van der Waals surface area contributed by atoms with E-state index < -0.39 is 0 Å². The number of hydrogen-bond donors (Lipinski definition) is 1. The van der Waals surface area contributed by atoms with E-state index in [2.05, 4.69) is 15.5 Å². The molecule has 124 valence electrons. The first-order valence-electron chi connectivity index (χ1n) is 7.67. The molecule has 0 spiro atoms. The van der Waals surface area contributed by atoms with E-state index in [1.54, 1.807) is 13.2 Å². The Kier molecular flexibility index (Phi) is 4.76. The highest BCUT2D eigenvalue weighted by Gasteiger charge is 2.22. The minimum atomic E-state index is -0.324. The summed E-state index contributed by atoms with van der Waals surface area (Å²) < 4.78 is 29.4. The summed E-state index contributed by atoms with van der Waals surface area (Å²) in [6.07, 6.45) is 2.14. The van der Waals surface area contributed by atoms with Gasteiger partial charge in [-0.05, 0) is 37.8 Å². The molecule has 0 amide bonds. The molecular weight excluding hydrogens is 301 g/mol. The molecule has 0 aliphatic heterocycles. The van der Waals surface area contributed by atoms with E-state index in [4.69, 9.17) is 14.0 Å². The van der Waals surface area contributed by atoms with Gasteiger partial charge >= 0.3 is 0 Å². The molecule has 1 aliphatic rings. The van der Waals surface area contributed by atoms with Gasteiger partial charge in [-0.2, -0.15) is 4.98 Å². The number of hydrogen-bond acceptors (Lipinski definition) is 6. The maximum atomic E-state index is 13.4. The molecule has 0 saturated heterocycles. The maximum Gasteiger partial charge on any atom is 0.246 e. The summed E-state index contributed by atoms with van der Waals surface area (Å²) in [4.78, 5) is 4.25. The molecule has 1 heterocycles. The Bertz CT molecular complexity index is 658. The molecular formula is C16H20FN3O3. The fraction of sp³-hybridized carbons (Fsp3) is 0.500. The largest absolute Gasteiger partial charge is 0.491 e. The standard InChI is InChI=1S/C16H20FN3O3/c1-10(21-2)16-19-15(23-20-16)8-18-13-6-5-12(17)7-14(13)22-9-11-3-4-11/h5-7,10-11,18H,3-4,8-9H2,1-2H3/t10-/m1/s1. The third-order valence-electron chi connectivity index (χ3n) is 3.75. The first-order chi connectivity index (χ1) is 11.2. The third-order valence-corrected chi connectivity index (χ3v) is 3.75. The Morgan fingerprint density at radius 1 is 1.43 bits per heavy atom. The fourth-order valence-electron chi connectivity index (χ4n) is 2.03. The van der Waals surface area contributed by atoms with Crippen LogP contribution in [0.5, 0.6) is 5.75 Å². The van der Waals surface area contributed by atoms with Gasteiger partial charge in [0.1, 0.15) is 17.7 Å². The molecule has 0 unspecified atom stereocenters. The van der Waals surface area contributed by atoms with Crippen LogP contribution in [0.25, 0.3) is 0 Å². The van der Waals surface area contributed by atoms with Crippen molar-refractivity contribution in [2.24, 2.45) is 5.92 Å². The average molecular weight is 321 g/mol. The van der Waals surface area contributed by atoms with E-state index in [0.717, 1.165) is 0 Å². The summed E-state index contributed by atoms with van der Waals surface area (Å²) in [5.41, 5.74) is 0.701. The van der Waals surface area contributed by atoms with Crippen molar-refractivity contribution in [1.82, 2.24) is 10.1 Å². The predicted octanol–water partition coefficient (Wildman–Crippen LogP) is 3.32. The molecule has 1 fully saturated rings. The molecule has 0 radical (unpaired) electrons. The lowest BCUT2D eigenvalue weighted by Gasteiger charge is -2.12. The quantitative estimate of drug-likeness (QED) is 0.804. The number of nitrogens with zero attached hydrogens (tertiary/aromatic N) is 2. The van der Waals surface area contributed by atoms with E-state index in [1.807, 2.05) is 6.92 Å². The van der Waals surface area contributed by atoms with E-state index in [0.29, 0.717) is 42.2 Å². The van der Waals surface area contributed by atoms with Crippen LogP contribution >= 0.6 is 0 Å². The number of anilines is 1. The van der Waals surface area contributed by atoms with Crippen LogP contribution in [0.2, 0.25) is 0 Å². The number of ether oxygens (including phenoxy) is 2. The first kappa shape index (κ1) is 15.7. The number of halogens is 1. The Labute approximate surface area is 134 Å². The van der Waals surface area contributed by atoms with E-state index in [-0.39, 0.29) is 11.9 Å². The summed E-state index contributed by atoms with van der Waals surface area (Å²) in [6, 6.07) is 4.42. The van der Waals surface area contributed by atoms with Crippen molar-refractivity contribution in [2.75, 3.05) is 19.0 Å². The fourth-order valence-corrected chi connectivity index (χ4v) is 2.03. The van der Waals surface area contributed by atoms with Crippen molar-refractivity contribution in [3.05, 3.63) is 35.7 Å². The molecule has 0 bridgehead atoms. The lowest BCUT2D eigenvalue weighted by molar-refractivity contribution is 0.109. The van der Waals surface area contributed by atoms with Gasteiger partial charge < -0.3 is 19.3 Å². The van der Waals surface area contributed by atoms with Gasteiger partial charge in [0.25, 0.3) is 0 Å². The van der Waals surface area contributed by atoms with Gasteiger partial charge in [0, 0.05) is 13.2 Å². The van der Waals surface area contributed by atoms with Gasteiger partial charge in [-0.3, -0.25) is 0 Å². The smallest absolute Gasteiger partial charge is 0.246 e. The Morgan fingerprint density at radius 3 is 3.00 bits per heavy atom. The Morgan fingerprint density at radius 2 is 2.26 bits per heavy atom. The zero-order chi connectivity index (χ0) is 16.2. The summed E-state index contributed by atoms with van der Waals surface area (Å²) in [7, 11) is 1.58. The SMILES string of the molecule is CO[C@H](C)c1noc(CNc2ccc(F)cc2OCC2CC2)n1. The maximum absolute atomic E-state index is 13.4. The number of methoxy groups -OCH3 is 1. The van der Waals surface area contributed by atoms with Gasteiger partial charge in [0.05, 0.1) is 18.8 Å². The molecule has 1 aromatic carbocycles. The molecule has 1 saturated carbocycles. The van der Waals surface area contributed by atoms with Crippen LogP contribution in [0.3, 0.4) is 0 Å². The van der Waals surface area contributed by atoms with Crippen molar-refractivity contribution in [3.63, 3.8) is 0 Å². The minimum absolute atomic E-state index is 0.226. The van der Waals surface area contributed by atoms with Crippen molar-refractivity contribution < 1.29 is 18.4 Å². The van der Waals surface area contributed by atoms with E-state index >= 15 is 0 Å². The van der Waals surface area contributed by atoms with Crippen molar-refractivity contribution in [1.29, 1.82) is 0 Å². The molecule has 1 aromatic heterocycles. The summed E-state index contributed by atoms with van der Waals surface area (Å²) in [6.45, 7) is 2.79. The molecule has 3 rings (SSSR count). The summed E-state index contributed by atoms with van der Waals surface area (Å²) in [5.74, 6) is 1.70. The monoisotopic (exact) mass is 321 g/mol. The van der Waals surface area contributed by atoms with Crippen LogP contribution in [-0.4, -0.2) is 23.9 Å². The molecule has 6 nitrogen and oxygen atoms in total. The minimum Gasteiger partial charge on any atom is -0.491 e. The van der Waals surface area contributed by atoms with Gasteiger partial charge in [-0.25, -0.2) is 4.39 Å². The van der Waals surface area contributed by atoms with Crippen molar-refractivity contribution in [3.8, 4) is 5.75 Å². The zero-order valence-corrected chi connectivity index (χ0v) is 13.2. The topological polar surface area (TPSA) is 69.4 Å². The highest BCUT2D eigenvalue weighted by molar-refractivity contribution is 5.56. The normalized spacial score (nSPS) is 15.4. The van der Waals surface area contributed by atoms with Crippen LogP contribution in [0.4, 0.5) is 10.1 Å². The van der Waals surface area contributed by atoms with Crippen LogP contribution in [0, 0.1) is 11.7 Å². The van der Waals surface area contributed by atoms with Crippen molar-refractivity contribution in [2.45, 2.75) is 32.4 Å². The second kappa shape index (κ2) is 6.95. The van der Waals surface area contributed by atoms with Crippen LogP contribution < -0.4 is 10.1 Å². The van der Waals surface area contributed by atoms with Gasteiger partial charge in [0.2, 0.25) is 5.89 Å². The lowest BCUT2D eigenvalue weighted by atomic mass is 10.2. The van der Waals surface area contributed by atoms with Crippen LogP contribution in [0.1, 0.15) is 37.6 Å². The number of aromatic nitrogens is 2. The van der Waals surface area contributed by atoms with E-state index in [9.17, 15) is 4.39 Å². The average Bonchev–Trinajstić information content (AvgIpc) is 3.27. The molecule has 2 aromatic rings. The second-order valence-electron chi connectivity index (χ2n) is 5.67. The predicted molar refractivity (Wildman–Crippen MR) is 81.7 cm³/mol. The molecule has 23 heavy (non-hydrogen) atoms. The van der Waals surface area contributed by atoms with E-state index in [1.165, 1.54) is 25.0 Å². The highest BCUT2D eigenvalue weighted by Crippen LogP contribution is 2.32. The molecule has 7 heteroatoms. The molecule has 1 aliphatic carbocycles. The molecule has 1 atom stereocenters. The van der Waals surface area contributed by atoms with Crippen molar-refractivity contribution >= 4 is 5.69 Å². The molecule has 1 N–H and O–H groups in total. The second-order valence-corrected chi connectivity index (χ2v) is 5.67. The van der Waals surface area contributed by atoms with Gasteiger partial charge in [-0.15, -0.1) is 0 Å². The van der Waals surface area contributed by atoms with Crippen LogP contribution in [-0.2, 0) is 11.3 Å². The number of nitrogens with one attached hydrogen (secondary N) is 1. The summed E-state index contributed by atoms with van der Waals surface area (Å²) in [5, 5.41) is 7.00. The highest BCUT2D eigenvalue weighted by atomic mass is 19.1. The lowest BCUT2D eigenvalue weighted by Crippen LogP contribution is -2.06. The Hall–Kier alpha value is -2.15.